The van der Waals surface area contributed by atoms with E-state index in [1.54, 1.807) is 0 Å². The molecule has 3 N–H and O–H groups in total. The third-order valence-corrected chi connectivity index (χ3v) is 5.25. The van der Waals surface area contributed by atoms with Gasteiger partial charge in [-0.2, -0.15) is 0 Å². The third-order valence-electron chi connectivity index (χ3n) is 5.25. The molecule has 0 amide bonds. The Morgan fingerprint density at radius 1 is 1.17 bits per heavy atom. The predicted molar refractivity (Wildman–Crippen MR) is 80.6 cm³/mol. The fourth-order valence-electron chi connectivity index (χ4n) is 3.41. The first-order valence-electron chi connectivity index (χ1n) is 7.60. The second kappa shape index (κ2) is 5.50. The van der Waals surface area contributed by atoms with Gasteiger partial charge in [0.05, 0.1) is 0 Å². The summed E-state index contributed by atoms with van der Waals surface area (Å²) in [5.74, 6) is 1.94. The van der Waals surface area contributed by atoms with Gasteiger partial charge in [-0.25, -0.2) is 0 Å². The van der Waals surface area contributed by atoms with Crippen LogP contribution in [0.4, 0.5) is 0 Å². The Hall–Kier alpha value is -0.0800. The SMILES string of the molecule is CC(C)N.CC(C)NCC1CC2CC2(C)C1(C)C. The van der Waals surface area contributed by atoms with Gasteiger partial charge in [-0.05, 0) is 48.1 Å². The zero-order valence-electron chi connectivity index (χ0n) is 13.5. The van der Waals surface area contributed by atoms with Crippen molar-refractivity contribution in [1.82, 2.24) is 5.32 Å². The van der Waals surface area contributed by atoms with Gasteiger partial charge >= 0.3 is 0 Å². The molecule has 2 rings (SSSR count). The average molecular weight is 254 g/mol. The van der Waals surface area contributed by atoms with E-state index in [1.165, 1.54) is 19.4 Å². The molecule has 3 atom stereocenters. The summed E-state index contributed by atoms with van der Waals surface area (Å²) < 4.78 is 0. The second-order valence-electron chi connectivity index (χ2n) is 7.78. The van der Waals surface area contributed by atoms with Crippen LogP contribution in [0.15, 0.2) is 0 Å². The first-order valence-corrected chi connectivity index (χ1v) is 7.60. The van der Waals surface area contributed by atoms with E-state index in [0.717, 1.165) is 11.8 Å². The van der Waals surface area contributed by atoms with Crippen LogP contribution in [-0.2, 0) is 0 Å². The molecule has 2 heteroatoms. The van der Waals surface area contributed by atoms with Crippen LogP contribution in [0.5, 0.6) is 0 Å². The Morgan fingerprint density at radius 3 is 2.00 bits per heavy atom. The molecule has 108 valence electrons. The smallest absolute Gasteiger partial charge is 0.00104 e. The molecular formula is C16H34N2. The Kier molecular flexibility index (Phi) is 4.88. The molecule has 2 aliphatic rings. The van der Waals surface area contributed by atoms with Crippen LogP contribution in [0.1, 0.15) is 61.3 Å². The van der Waals surface area contributed by atoms with Crippen LogP contribution >= 0.6 is 0 Å². The van der Waals surface area contributed by atoms with Crippen LogP contribution in [-0.4, -0.2) is 18.6 Å². The highest BCUT2D eigenvalue weighted by atomic mass is 14.9. The third kappa shape index (κ3) is 3.27. The zero-order valence-corrected chi connectivity index (χ0v) is 13.5. The van der Waals surface area contributed by atoms with E-state index in [0.29, 0.717) is 22.9 Å². The predicted octanol–water partition coefficient (Wildman–Crippen LogP) is 3.41. The summed E-state index contributed by atoms with van der Waals surface area (Å²) in [5, 5.41) is 3.60. The first kappa shape index (κ1) is 16.0. The molecule has 18 heavy (non-hydrogen) atoms. The molecule has 0 saturated heterocycles. The van der Waals surface area contributed by atoms with Gasteiger partial charge in [-0.3, -0.25) is 0 Å². The van der Waals surface area contributed by atoms with Crippen molar-refractivity contribution >= 4 is 0 Å². The van der Waals surface area contributed by atoms with Gasteiger partial charge in [0.15, 0.2) is 0 Å². The lowest BCUT2D eigenvalue weighted by Crippen LogP contribution is -2.37. The van der Waals surface area contributed by atoms with Crippen LogP contribution in [0.2, 0.25) is 0 Å². The summed E-state index contributed by atoms with van der Waals surface area (Å²) in [6.07, 6.45) is 2.95. The van der Waals surface area contributed by atoms with Gasteiger partial charge in [0, 0.05) is 6.04 Å². The number of hydrogen-bond donors (Lipinski definition) is 2. The van der Waals surface area contributed by atoms with E-state index in [-0.39, 0.29) is 0 Å². The zero-order chi connectivity index (χ0) is 14.1. The van der Waals surface area contributed by atoms with E-state index in [2.05, 4.69) is 39.9 Å². The minimum atomic E-state index is 0.333. The molecule has 2 saturated carbocycles. The molecule has 0 heterocycles. The Morgan fingerprint density at radius 2 is 1.67 bits per heavy atom. The molecule has 0 aliphatic heterocycles. The second-order valence-corrected chi connectivity index (χ2v) is 7.78. The maximum absolute atomic E-state index is 5.11. The average Bonchev–Trinajstić information content (AvgIpc) is 2.79. The quantitative estimate of drug-likeness (QED) is 0.810. The van der Waals surface area contributed by atoms with Crippen molar-refractivity contribution in [3.8, 4) is 0 Å². The summed E-state index contributed by atoms with van der Waals surface area (Å²) in [7, 11) is 0. The highest BCUT2D eigenvalue weighted by molar-refractivity contribution is 5.15. The van der Waals surface area contributed by atoms with Crippen molar-refractivity contribution in [1.29, 1.82) is 0 Å². The van der Waals surface area contributed by atoms with Crippen LogP contribution < -0.4 is 11.1 Å². The number of hydrogen-bond acceptors (Lipinski definition) is 2. The monoisotopic (exact) mass is 254 g/mol. The molecule has 2 aliphatic carbocycles. The van der Waals surface area contributed by atoms with E-state index in [1.807, 2.05) is 13.8 Å². The minimum Gasteiger partial charge on any atom is -0.328 e. The lowest BCUT2D eigenvalue weighted by Gasteiger charge is -2.36. The molecule has 0 aromatic rings. The lowest BCUT2D eigenvalue weighted by molar-refractivity contribution is 0.144. The number of nitrogens with two attached hydrogens (primary N) is 1. The van der Waals surface area contributed by atoms with E-state index < -0.39 is 0 Å². The maximum Gasteiger partial charge on any atom is 0.00104 e. The van der Waals surface area contributed by atoms with Crippen molar-refractivity contribution in [2.24, 2.45) is 28.4 Å². The number of nitrogens with one attached hydrogen (secondary N) is 1. The van der Waals surface area contributed by atoms with Crippen molar-refractivity contribution in [2.75, 3.05) is 6.54 Å². The Bertz CT molecular complexity index is 268. The minimum absolute atomic E-state index is 0.333. The summed E-state index contributed by atoms with van der Waals surface area (Å²) >= 11 is 0. The molecule has 0 aromatic heterocycles. The molecular weight excluding hydrogens is 220 g/mol. The molecule has 2 fully saturated rings. The standard InChI is InChI=1S/C13H25N.C3H9N/c1-9(2)14-8-11-6-10-7-13(10,5)12(11,3)4;1-3(2)4/h9-11,14H,6-8H2,1-5H3;3H,4H2,1-2H3. The normalized spacial score (nSPS) is 36.3. The topological polar surface area (TPSA) is 38.0 Å². The van der Waals surface area contributed by atoms with E-state index in [4.69, 9.17) is 5.73 Å². The maximum atomic E-state index is 5.11. The molecule has 0 spiro atoms. The lowest BCUT2D eigenvalue weighted by atomic mass is 9.71. The van der Waals surface area contributed by atoms with Crippen molar-refractivity contribution < 1.29 is 0 Å². The van der Waals surface area contributed by atoms with Crippen molar-refractivity contribution in [2.45, 2.75) is 73.4 Å². The summed E-state index contributed by atoms with van der Waals surface area (Å²) in [6.45, 7) is 17.0. The number of rotatable bonds is 3. The van der Waals surface area contributed by atoms with E-state index >= 15 is 0 Å². The summed E-state index contributed by atoms with van der Waals surface area (Å²) in [4.78, 5) is 0. The highest BCUT2D eigenvalue weighted by Crippen LogP contribution is 2.73. The molecule has 2 nitrogen and oxygen atoms in total. The van der Waals surface area contributed by atoms with Gasteiger partial charge in [-0.15, -0.1) is 0 Å². The highest BCUT2D eigenvalue weighted by Gasteiger charge is 2.66. The summed E-state index contributed by atoms with van der Waals surface area (Å²) in [5.41, 5.74) is 6.34. The largest absolute Gasteiger partial charge is 0.328 e. The van der Waals surface area contributed by atoms with Crippen LogP contribution in [0.3, 0.4) is 0 Å². The van der Waals surface area contributed by atoms with Gasteiger partial charge in [-0.1, -0.05) is 48.5 Å². The molecule has 0 aromatic carbocycles. The summed E-state index contributed by atoms with van der Waals surface area (Å²) in [6, 6.07) is 0.968. The van der Waals surface area contributed by atoms with Crippen LogP contribution in [0, 0.1) is 22.7 Å². The van der Waals surface area contributed by atoms with Crippen molar-refractivity contribution in [3.05, 3.63) is 0 Å². The van der Waals surface area contributed by atoms with Crippen LogP contribution in [0.25, 0.3) is 0 Å². The van der Waals surface area contributed by atoms with Crippen molar-refractivity contribution in [3.63, 3.8) is 0 Å². The fourth-order valence-corrected chi connectivity index (χ4v) is 3.41. The fraction of sp³-hybridized carbons (Fsp3) is 1.00. The Labute approximate surface area is 114 Å². The van der Waals surface area contributed by atoms with Gasteiger partial charge in [0.2, 0.25) is 0 Å². The molecule has 3 unspecified atom stereocenters. The molecule has 0 radical (unpaired) electrons. The van der Waals surface area contributed by atoms with Gasteiger partial charge in [0.1, 0.15) is 0 Å². The first-order chi connectivity index (χ1) is 8.11. The van der Waals surface area contributed by atoms with Gasteiger partial charge in [0.25, 0.3) is 0 Å². The number of fused-ring (bicyclic) bond motifs is 1. The van der Waals surface area contributed by atoms with E-state index in [9.17, 15) is 0 Å². The Balaban J connectivity index is 0.000000357. The molecule has 0 bridgehead atoms. The van der Waals surface area contributed by atoms with Gasteiger partial charge < -0.3 is 11.1 Å².